The topological polar surface area (TPSA) is 107 Å². The van der Waals surface area contributed by atoms with E-state index in [0.717, 1.165) is 5.56 Å². The van der Waals surface area contributed by atoms with E-state index >= 15 is 0 Å². The van der Waals surface area contributed by atoms with Crippen molar-refractivity contribution in [2.75, 3.05) is 0 Å². The van der Waals surface area contributed by atoms with Crippen LogP contribution in [0.2, 0.25) is 5.02 Å². The van der Waals surface area contributed by atoms with E-state index < -0.39 is 0 Å². The third-order valence-corrected chi connectivity index (χ3v) is 4.17. The van der Waals surface area contributed by atoms with Gasteiger partial charge in [-0.3, -0.25) is 4.79 Å². The van der Waals surface area contributed by atoms with Crippen LogP contribution in [0.3, 0.4) is 0 Å². The number of nitrogens with one attached hydrogen (secondary N) is 1. The van der Waals surface area contributed by atoms with E-state index in [2.05, 4.69) is 25.6 Å². The maximum atomic E-state index is 12.0. The molecule has 0 aliphatic rings. The Morgan fingerprint density at radius 2 is 1.86 bits per heavy atom. The van der Waals surface area contributed by atoms with Crippen LogP contribution in [0.25, 0.3) is 11.4 Å². The standard InChI is InChI=1S/C19H22ClN5O3/c1-19(2,3)18-22-14(24-28-18)11-21-15(26)5-4-6-16-23-17(25-27-16)12-7-9-13(20)10-8-12/h7-10H,4-6,11H2,1-3H3,(H,21,26). The highest BCUT2D eigenvalue weighted by atomic mass is 35.5. The van der Waals surface area contributed by atoms with Gasteiger partial charge in [0, 0.05) is 28.8 Å². The Labute approximate surface area is 167 Å². The summed E-state index contributed by atoms with van der Waals surface area (Å²) in [5.74, 6) is 1.90. The first-order valence-electron chi connectivity index (χ1n) is 8.99. The minimum absolute atomic E-state index is 0.0976. The number of carbonyl (C=O) groups is 1. The number of hydrogen-bond acceptors (Lipinski definition) is 7. The SMILES string of the molecule is CC(C)(C)c1nc(CNC(=O)CCCc2nc(-c3ccc(Cl)cc3)no2)no1. The highest BCUT2D eigenvalue weighted by Gasteiger charge is 2.21. The molecule has 0 aliphatic heterocycles. The summed E-state index contributed by atoms with van der Waals surface area (Å²) in [6, 6.07) is 7.19. The zero-order chi connectivity index (χ0) is 20.1. The molecule has 1 aromatic carbocycles. The number of aromatic nitrogens is 4. The molecular weight excluding hydrogens is 382 g/mol. The average molecular weight is 404 g/mol. The highest BCUT2D eigenvalue weighted by Crippen LogP contribution is 2.20. The molecule has 1 amide bonds. The molecule has 0 fully saturated rings. The summed E-state index contributed by atoms with van der Waals surface area (Å²) in [6.45, 7) is 6.19. The lowest BCUT2D eigenvalue weighted by atomic mass is 9.97. The molecule has 148 valence electrons. The lowest BCUT2D eigenvalue weighted by molar-refractivity contribution is -0.121. The summed E-state index contributed by atoms with van der Waals surface area (Å²) in [4.78, 5) is 20.6. The molecule has 3 rings (SSSR count). The van der Waals surface area contributed by atoms with Crippen molar-refractivity contribution < 1.29 is 13.8 Å². The molecule has 0 saturated carbocycles. The molecule has 0 bridgehead atoms. The van der Waals surface area contributed by atoms with Crippen molar-refractivity contribution in [3.05, 3.63) is 46.9 Å². The van der Waals surface area contributed by atoms with E-state index in [9.17, 15) is 4.79 Å². The number of aryl methyl sites for hydroxylation is 1. The Kier molecular flexibility index (Phi) is 6.08. The summed E-state index contributed by atoms with van der Waals surface area (Å²) in [5.41, 5.74) is 0.608. The van der Waals surface area contributed by atoms with Crippen molar-refractivity contribution in [2.45, 2.75) is 52.0 Å². The van der Waals surface area contributed by atoms with E-state index in [1.807, 2.05) is 32.9 Å². The van der Waals surface area contributed by atoms with Gasteiger partial charge in [-0.25, -0.2) is 0 Å². The lowest BCUT2D eigenvalue weighted by Crippen LogP contribution is -2.23. The Morgan fingerprint density at radius 1 is 1.11 bits per heavy atom. The first kappa shape index (κ1) is 20.0. The summed E-state index contributed by atoms with van der Waals surface area (Å²) in [7, 11) is 0. The second-order valence-electron chi connectivity index (χ2n) is 7.41. The largest absolute Gasteiger partial charge is 0.349 e. The maximum Gasteiger partial charge on any atom is 0.232 e. The number of carbonyl (C=O) groups excluding carboxylic acids is 1. The normalized spacial score (nSPS) is 11.6. The first-order valence-corrected chi connectivity index (χ1v) is 9.37. The molecule has 0 radical (unpaired) electrons. The molecule has 0 spiro atoms. The van der Waals surface area contributed by atoms with Crippen LogP contribution < -0.4 is 5.32 Å². The minimum atomic E-state index is -0.218. The van der Waals surface area contributed by atoms with Gasteiger partial charge in [0.25, 0.3) is 0 Å². The van der Waals surface area contributed by atoms with Crippen LogP contribution in [0.15, 0.2) is 33.3 Å². The maximum absolute atomic E-state index is 12.0. The van der Waals surface area contributed by atoms with E-state index in [0.29, 0.717) is 47.7 Å². The van der Waals surface area contributed by atoms with Gasteiger partial charge in [-0.05, 0) is 30.7 Å². The van der Waals surface area contributed by atoms with Gasteiger partial charge in [0.05, 0.1) is 6.54 Å². The monoisotopic (exact) mass is 403 g/mol. The molecule has 1 N–H and O–H groups in total. The van der Waals surface area contributed by atoms with Gasteiger partial charge in [-0.15, -0.1) is 0 Å². The van der Waals surface area contributed by atoms with Crippen molar-refractivity contribution in [3.63, 3.8) is 0 Å². The van der Waals surface area contributed by atoms with Crippen molar-refractivity contribution >= 4 is 17.5 Å². The third kappa shape index (κ3) is 5.39. The van der Waals surface area contributed by atoms with Gasteiger partial charge >= 0.3 is 0 Å². The smallest absolute Gasteiger partial charge is 0.232 e. The molecule has 0 atom stereocenters. The van der Waals surface area contributed by atoms with Crippen molar-refractivity contribution in [3.8, 4) is 11.4 Å². The van der Waals surface area contributed by atoms with E-state index in [4.69, 9.17) is 20.6 Å². The van der Waals surface area contributed by atoms with E-state index in [1.165, 1.54) is 0 Å². The summed E-state index contributed by atoms with van der Waals surface area (Å²) in [6.07, 6.45) is 1.45. The molecule has 2 heterocycles. The minimum Gasteiger partial charge on any atom is -0.349 e. The van der Waals surface area contributed by atoms with Gasteiger partial charge in [-0.2, -0.15) is 9.97 Å². The van der Waals surface area contributed by atoms with Crippen LogP contribution >= 0.6 is 11.6 Å². The molecule has 8 nitrogen and oxygen atoms in total. The molecule has 0 saturated heterocycles. The number of rotatable bonds is 7. The van der Waals surface area contributed by atoms with Crippen LogP contribution in [0, 0.1) is 0 Å². The number of nitrogens with zero attached hydrogens (tertiary/aromatic N) is 4. The van der Waals surface area contributed by atoms with Crippen LogP contribution in [-0.2, 0) is 23.2 Å². The predicted octanol–water partition coefficient (Wildman–Crippen LogP) is 3.71. The molecule has 0 unspecified atom stereocenters. The van der Waals surface area contributed by atoms with Gasteiger partial charge < -0.3 is 14.4 Å². The Bertz CT molecular complexity index is 928. The predicted molar refractivity (Wildman–Crippen MR) is 103 cm³/mol. The van der Waals surface area contributed by atoms with Gasteiger partial charge in [-0.1, -0.05) is 42.7 Å². The fourth-order valence-corrected chi connectivity index (χ4v) is 2.50. The average Bonchev–Trinajstić information content (AvgIpc) is 3.30. The fourth-order valence-electron chi connectivity index (χ4n) is 2.37. The zero-order valence-electron chi connectivity index (χ0n) is 16.0. The van der Waals surface area contributed by atoms with Gasteiger partial charge in [0.1, 0.15) is 0 Å². The number of amides is 1. The third-order valence-electron chi connectivity index (χ3n) is 3.92. The zero-order valence-corrected chi connectivity index (χ0v) is 16.8. The number of hydrogen-bond donors (Lipinski definition) is 1. The quantitative estimate of drug-likeness (QED) is 0.640. The summed E-state index contributed by atoms with van der Waals surface area (Å²) >= 11 is 5.87. The Morgan fingerprint density at radius 3 is 2.54 bits per heavy atom. The van der Waals surface area contributed by atoms with Crippen molar-refractivity contribution in [2.24, 2.45) is 0 Å². The number of benzene rings is 1. The van der Waals surface area contributed by atoms with Crippen LogP contribution in [0.5, 0.6) is 0 Å². The second kappa shape index (κ2) is 8.52. The molecule has 28 heavy (non-hydrogen) atoms. The fraction of sp³-hybridized carbons (Fsp3) is 0.421. The van der Waals surface area contributed by atoms with Gasteiger partial charge in [0.2, 0.25) is 23.5 Å². The molecule has 0 aliphatic carbocycles. The Hall–Kier alpha value is -2.74. The van der Waals surface area contributed by atoms with Crippen molar-refractivity contribution in [1.29, 1.82) is 0 Å². The molecule has 2 aromatic heterocycles. The molecule has 9 heteroatoms. The summed E-state index contributed by atoms with van der Waals surface area (Å²) < 4.78 is 10.4. The van der Waals surface area contributed by atoms with Crippen LogP contribution in [-0.4, -0.2) is 26.2 Å². The van der Waals surface area contributed by atoms with E-state index in [-0.39, 0.29) is 17.9 Å². The molecule has 3 aromatic rings. The van der Waals surface area contributed by atoms with Gasteiger partial charge in [0.15, 0.2) is 5.82 Å². The Balaban J connectivity index is 1.42. The van der Waals surface area contributed by atoms with E-state index in [1.54, 1.807) is 12.1 Å². The lowest BCUT2D eigenvalue weighted by Gasteiger charge is -2.10. The highest BCUT2D eigenvalue weighted by molar-refractivity contribution is 6.30. The first-order chi connectivity index (χ1) is 13.3. The second-order valence-corrected chi connectivity index (χ2v) is 7.85. The van der Waals surface area contributed by atoms with Crippen LogP contribution in [0.4, 0.5) is 0 Å². The van der Waals surface area contributed by atoms with Crippen LogP contribution in [0.1, 0.15) is 51.2 Å². The molecular formula is C19H22ClN5O3. The summed E-state index contributed by atoms with van der Waals surface area (Å²) in [5, 5.41) is 11.3. The van der Waals surface area contributed by atoms with Crippen molar-refractivity contribution in [1.82, 2.24) is 25.6 Å². The number of halogens is 1.